The minimum Gasteiger partial charge on any atom is -0.355 e. The molecule has 5 nitrogen and oxygen atoms in total. The lowest BCUT2D eigenvalue weighted by atomic mass is 9.95. The van der Waals surface area contributed by atoms with E-state index in [1.165, 1.54) is 32.4 Å². The molecular weight excluding hydrogens is 344 g/mol. The number of rotatable bonds is 7. The van der Waals surface area contributed by atoms with Crippen molar-refractivity contribution < 1.29 is 4.21 Å². The molecule has 2 N–H and O–H groups in total. The van der Waals surface area contributed by atoms with Crippen LogP contribution in [0.1, 0.15) is 65.7 Å². The fourth-order valence-corrected chi connectivity index (χ4v) is 5.70. The SMILES string of the molecule is CCS(=O)C1CCCC(NC(=NC)NCC2CCCCN2CC(C)C)C1. The van der Waals surface area contributed by atoms with E-state index in [2.05, 4.69) is 34.4 Å². The number of nitrogens with zero attached hydrogens (tertiary/aromatic N) is 2. The smallest absolute Gasteiger partial charge is 0.191 e. The molecule has 1 aliphatic heterocycles. The summed E-state index contributed by atoms with van der Waals surface area (Å²) in [4.78, 5) is 7.09. The fraction of sp³-hybridized carbons (Fsp3) is 0.950. The Balaban J connectivity index is 1.82. The van der Waals surface area contributed by atoms with E-state index in [1.807, 2.05) is 14.0 Å². The normalized spacial score (nSPS) is 29.6. The van der Waals surface area contributed by atoms with Crippen molar-refractivity contribution in [3.63, 3.8) is 0 Å². The molecule has 0 bridgehead atoms. The van der Waals surface area contributed by atoms with Crippen LogP contribution >= 0.6 is 0 Å². The third-order valence-electron chi connectivity index (χ3n) is 5.70. The highest BCUT2D eigenvalue weighted by Crippen LogP contribution is 2.23. The number of piperidine rings is 1. The van der Waals surface area contributed by atoms with Crippen LogP contribution < -0.4 is 10.6 Å². The van der Waals surface area contributed by atoms with Gasteiger partial charge in [0.1, 0.15) is 0 Å². The van der Waals surface area contributed by atoms with Gasteiger partial charge in [0.15, 0.2) is 5.96 Å². The molecule has 2 fully saturated rings. The summed E-state index contributed by atoms with van der Waals surface area (Å²) in [6.45, 7) is 10.0. The van der Waals surface area contributed by atoms with Gasteiger partial charge in [-0.3, -0.25) is 14.1 Å². The molecule has 0 amide bonds. The average molecular weight is 385 g/mol. The molecule has 0 aromatic rings. The summed E-state index contributed by atoms with van der Waals surface area (Å²) in [7, 11) is 1.18. The number of hydrogen-bond acceptors (Lipinski definition) is 3. The van der Waals surface area contributed by atoms with Gasteiger partial charge in [-0.05, 0) is 44.6 Å². The molecule has 1 saturated carbocycles. The second kappa shape index (κ2) is 11.3. The summed E-state index contributed by atoms with van der Waals surface area (Å²) in [5, 5.41) is 7.52. The first-order valence-corrected chi connectivity index (χ1v) is 12.0. The Morgan fingerprint density at radius 1 is 1.23 bits per heavy atom. The van der Waals surface area contributed by atoms with Crippen molar-refractivity contribution in [1.29, 1.82) is 0 Å². The van der Waals surface area contributed by atoms with Crippen molar-refractivity contribution in [2.45, 2.75) is 83.1 Å². The van der Waals surface area contributed by atoms with Gasteiger partial charge in [-0.15, -0.1) is 0 Å². The highest BCUT2D eigenvalue weighted by atomic mass is 32.2. The summed E-state index contributed by atoms with van der Waals surface area (Å²) in [6, 6.07) is 1.00. The fourth-order valence-electron chi connectivity index (χ4n) is 4.35. The topological polar surface area (TPSA) is 56.7 Å². The lowest BCUT2D eigenvalue weighted by Crippen LogP contribution is -2.52. The zero-order chi connectivity index (χ0) is 18.9. The van der Waals surface area contributed by atoms with Crippen molar-refractivity contribution in [1.82, 2.24) is 15.5 Å². The molecule has 2 rings (SSSR count). The maximum absolute atomic E-state index is 12.2. The highest BCUT2D eigenvalue weighted by Gasteiger charge is 2.27. The third-order valence-corrected chi connectivity index (χ3v) is 7.44. The van der Waals surface area contributed by atoms with E-state index >= 15 is 0 Å². The van der Waals surface area contributed by atoms with E-state index in [-0.39, 0.29) is 0 Å². The summed E-state index contributed by atoms with van der Waals surface area (Å²) in [5.74, 6) is 2.40. The zero-order valence-electron chi connectivity index (χ0n) is 17.3. The van der Waals surface area contributed by atoms with Crippen LogP contribution in [0.4, 0.5) is 0 Å². The van der Waals surface area contributed by atoms with E-state index in [0.717, 1.165) is 43.9 Å². The monoisotopic (exact) mass is 384 g/mol. The predicted molar refractivity (Wildman–Crippen MR) is 113 cm³/mol. The molecule has 0 spiro atoms. The number of likely N-dealkylation sites (tertiary alicyclic amines) is 1. The van der Waals surface area contributed by atoms with Gasteiger partial charge in [0.2, 0.25) is 0 Å². The van der Waals surface area contributed by atoms with Crippen molar-refractivity contribution in [2.75, 3.05) is 32.4 Å². The summed E-state index contributed by atoms with van der Waals surface area (Å²) in [5.41, 5.74) is 0. The molecule has 152 valence electrons. The average Bonchev–Trinajstić information content (AvgIpc) is 2.65. The molecule has 0 aromatic heterocycles. The Morgan fingerprint density at radius 3 is 2.73 bits per heavy atom. The Bertz CT molecular complexity index is 469. The number of aliphatic imine (C=N–C) groups is 1. The van der Waals surface area contributed by atoms with E-state index < -0.39 is 10.8 Å². The minimum atomic E-state index is -0.676. The van der Waals surface area contributed by atoms with Crippen LogP contribution in [-0.2, 0) is 10.8 Å². The summed E-state index contributed by atoms with van der Waals surface area (Å²) in [6.07, 6.45) is 8.36. The Kier molecular flexibility index (Phi) is 9.40. The van der Waals surface area contributed by atoms with Gasteiger partial charge in [0, 0.05) is 54.0 Å². The van der Waals surface area contributed by atoms with Crippen molar-refractivity contribution in [3.8, 4) is 0 Å². The predicted octanol–water partition coefficient (Wildman–Crippen LogP) is 2.74. The van der Waals surface area contributed by atoms with Gasteiger partial charge < -0.3 is 10.6 Å². The van der Waals surface area contributed by atoms with Gasteiger partial charge in [-0.1, -0.05) is 33.6 Å². The lowest BCUT2D eigenvalue weighted by Gasteiger charge is -2.37. The molecule has 1 aliphatic carbocycles. The molecule has 4 atom stereocenters. The largest absolute Gasteiger partial charge is 0.355 e. The minimum absolute atomic E-state index is 0.351. The van der Waals surface area contributed by atoms with Crippen molar-refractivity contribution >= 4 is 16.8 Å². The Hall–Kier alpha value is -0.620. The molecule has 0 aromatic carbocycles. The zero-order valence-corrected chi connectivity index (χ0v) is 18.1. The maximum atomic E-state index is 12.2. The standard InChI is InChI=1S/C20H40N4OS/c1-5-26(25)19-11-8-9-17(13-19)23-20(21-4)22-14-18-10-6-7-12-24(18)15-16(2)3/h16-19H,5-15H2,1-4H3,(H2,21,22,23). The molecule has 1 heterocycles. The summed E-state index contributed by atoms with van der Waals surface area (Å²) < 4.78 is 12.2. The molecule has 2 aliphatic rings. The lowest BCUT2D eigenvalue weighted by molar-refractivity contribution is 0.133. The van der Waals surface area contributed by atoms with E-state index in [1.54, 1.807) is 0 Å². The first-order valence-electron chi connectivity index (χ1n) is 10.6. The van der Waals surface area contributed by atoms with Crippen molar-refractivity contribution in [2.24, 2.45) is 10.9 Å². The van der Waals surface area contributed by atoms with Gasteiger partial charge in [0.05, 0.1) is 0 Å². The number of hydrogen-bond donors (Lipinski definition) is 2. The second-order valence-electron chi connectivity index (χ2n) is 8.29. The van der Waals surface area contributed by atoms with Crippen LogP contribution in [0.2, 0.25) is 0 Å². The maximum Gasteiger partial charge on any atom is 0.191 e. The van der Waals surface area contributed by atoms with Gasteiger partial charge in [0.25, 0.3) is 0 Å². The molecule has 26 heavy (non-hydrogen) atoms. The first-order chi connectivity index (χ1) is 12.5. The second-order valence-corrected chi connectivity index (χ2v) is 10.3. The molecule has 4 unspecified atom stereocenters. The van der Waals surface area contributed by atoms with E-state index in [4.69, 9.17) is 0 Å². The van der Waals surface area contributed by atoms with Gasteiger partial charge >= 0.3 is 0 Å². The van der Waals surface area contributed by atoms with Crippen LogP contribution in [0.25, 0.3) is 0 Å². The number of guanidine groups is 1. The van der Waals surface area contributed by atoms with Crippen LogP contribution in [0.15, 0.2) is 4.99 Å². The number of nitrogens with one attached hydrogen (secondary N) is 2. The van der Waals surface area contributed by atoms with E-state index in [9.17, 15) is 4.21 Å². The van der Waals surface area contributed by atoms with Crippen LogP contribution in [0.5, 0.6) is 0 Å². The van der Waals surface area contributed by atoms with E-state index in [0.29, 0.717) is 23.3 Å². The summed E-state index contributed by atoms with van der Waals surface area (Å²) >= 11 is 0. The molecule has 1 saturated heterocycles. The van der Waals surface area contributed by atoms with Crippen LogP contribution in [0.3, 0.4) is 0 Å². The van der Waals surface area contributed by atoms with Gasteiger partial charge in [-0.25, -0.2) is 0 Å². The third kappa shape index (κ3) is 6.84. The quantitative estimate of drug-likeness (QED) is 0.523. The molecule has 6 heteroatoms. The highest BCUT2D eigenvalue weighted by molar-refractivity contribution is 7.85. The first kappa shape index (κ1) is 21.7. The van der Waals surface area contributed by atoms with Crippen LogP contribution in [-0.4, -0.2) is 64.8 Å². The Labute approximate surface area is 163 Å². The molecular formula is C20H40N4OS. The van der Waals surface area contributed by atoms with Crippen LogP contribution in [0, 0.1) is 5.92 Å². The molecule has 0 radical (unpaired) electrons. The van der Waals surface area contributed by atoms with Crippen molar-refractivity contribution in [3.05, 3.63) is 0 Å². The van der Waals surface area contributed by atoms with Gasteiger partial charge in [-0.2, -0.15) is 0 Å². The Morgan fingerprint density at radius 2 is 2.04 bits per heavy atom.